The lowest BCUT2D eigenvalue weighted by atomic mass is 9.97. The highest BCUT2D eigenvalue weighted by molar-refractivity contribution is 9.10. The maximum Gasteiger partial charge on any atom is 0.336 e. The fourth-order valence-corrected chi connectivity index (χ4v) is 2.33. The zero-order valence-electron chi connectivity index (χ0n) is 9.46. The van der Waals surface area contributed by atoms with Crippen LogP contribution in [0.2, 0.25) is 0 Å². The van der Waals surface area contributed by atoms with Gasteiger partial charge in [-0.3, -0.25) is 0 Å². The second-order valence-electron chi connectivity index (χ2n) is 4.06. The fourth-order valence-electron chi connectivity index (χ4n) is 1.85. The van der Waals surface area contributed by atoms with E-state index in [2.05, 4.69) is 15.9 Å². The van der Waals surface area contributed by atoms with Crippen LogP contribution in [0.15, 0.2) is 40.9 Å². The number of aliphatic hydroxyl groups excluding tert-OH is 1. The predicted octanol–water partition coefficient (Wildman–Crippen LogP) is 4.54. The molecule has 1 atom stereocenters. The zero-order chi connectivity index (χ0) is 14.2. The van der Waals surface area contributed by atoms with E-state index in [4.69, 9.17) is 0 Å². The Labute approximate surface area is 115 Å². The topological polar surface area (TPSA) is 20.2 Å². The maximum absolute atomic E-state index is 13.2. The van der Waals surface area contributed by atoms with Crippen LogP contribution < -0.4 is 0 Å². The van der Waals surface area contributed by atoms with Crippen LogP contribution in [0.4, 0.5) is 17.6 Å². The summed E-state index contributed by atoms with van der Waals surface area (Å²) in [6.07, 6.45) is -6.48. The Morgan fingerprint density at radius 3 is 2.16 bits per heavy atom. The van der Waals surface area contributed by atoms with Crippen molar-refractivity contribution in [3.05, 3.63) is 46.4 Å². The van der Waals surface area contributed by atoms with E-state index in [9.17, 15) is 22.7 Å². The SMILES string of the molecule is OC(c1ccc(Br)c2ccccc12)C(F)(F)C(F)F. The summed E-state index contributed by atoms with van der Waals surface area (Å²) in [6.45, 7) is 0. The summed E-state index contributed by atoms with van der Waals surface area (Å²) in [5.41, 5.74) is -0.218. The summed E-state index contributed by atoms with van der Waals surface area (Å²) in [4.78, 5) is 0. The molecule has 0 aliphatic rings. The molecule has 1 nitrogen and oxygen atoms in total. The van der Waals surface area contributed by atoms with Crippen LogP contribution >= 0.6 is 15.9 Å². The molecule has 2 aromatic rings. The Hall–Kier alpha value is -1.14. The number of rotatable bonds is 3. The summed E-state index contributed by atoms with van der Waals surface area (Å²) < 4.78 is 51.7. The molecule has 0 saturated carbocycles. The van der Waals surface area contributed by atoms with Crippen molar-refractivity contribution in [2.75, 3.05) is 0 Å². The lowest BCUT2D eigenvalue weighted by molar-refractivity contribution is -0.193. The van der Waals surface area contributed by atoms with Crippen LogP contribution in [0.1, 0.15) is 11.7 Å². The number of hydrogen-bond acceptors (Lipinski definition) is 1. The monoisotopic (exact) mass is 336 g/mol. The Bertz CT molecular complexity index is 600. The molecule has 19 heavy (non-hydrogen) atoms. The first-order valence-electron chi connectivity index (χ1n) is 5.37. The molecule has 0 fully saturated rings. The number of halogens is 5. The molecule has 6 heteroatoms. The molecule has 2 rings (SSSR count). The van der Waals surface area contributed by atoms with Gasteiger partial charge in [-0.2, -0.15) is 8.78 Å². The van der Waals surface area contributed by atoms with Gasteiger partial charge in [0, 0.05) is 4.47 Å². The average molecular weight is 337 g/mol. The minimum atomic E-state index is -4.49. The molecule has 0 radical (unpaired) electrons. The molecule has 0 saturated heterocycles. The van der Waals surface area contributed by atoms with Crippen molar-refractivity contribution in [1.29, 1.82) is 0 Å². The quantitative estimate of drug-likeness (QED) is 0.816. The van der Waals surface area contributed by atoms with Gasteiger partial charge in [0.1, 0.15) is 6.10 Å². The third-order valence-corrected chi connectivity index (χ3v) is 3.55. The summed E-state index contributed by atoms with van der Waals surface area (Å²) >= 11 is 3.24. The average Bonchev–Trinajstić information content (AvgIpc) is 2.38. The van der Waals surface area contributed by atoms with Crippen LogP contribution in [0, 0.1) is 0 Å². The van der Waals surface area contributed by atoms with E-state index in [-0.39, 0.29) is 5.56 Å². The van der Waals surface area contributed by atoms with Crippen LogP contribution in [0.3, 0.4) is 0 Å². The molecular weight excluding hydrogens is 328 g/mol. The van der Waals surface area contributed by atoms with Crippen LogP contribution in [0.25, 0.3) is 10.8 Å². The van der Waals surface area contributed by atoms with Gasteiger partial charge in [0.25, 0.3) is 0 Å². The number of aliphatic hydroxyl groups is 1. The summed E-state index contributed by atoms with van der Waals surface area (Å²) in [5, 5.41) is 10.4. The molecular formula is C13H9BrF4O. The molecule has 0 aromatic heterocycles. The minimum absolute atomic E-state index is 0.218. The molecule has 0 aliphatic heterocycles. The normalized spacial score (nSPS) is 14.1. The molecule has 0 aliphatic carbocycles. The largest absolute Gasteiger partial charge is 0.382 e. The van der Waals surface area contributed by atoms with Crippen molar-refractivity contribution in [3.63, 3.8) is 0 Å². The molecule has 0 spiro atoms. The van der Waals surface area contributed by atoms with Crippen LogP contribution in [-0.2, 0) is 0 Å². The van der Waals surface area contributed by atoms with Crippen molar-refractivity contribution in [2.24, 2.45) is 0 Å². The van der Waals surface area contributed by atoms with Gasteiger partial charge in [-0.15, -0.1) is 0 Å². The van der Waals surface area contributed by atoms with Crippen molar-refractivity contribution < 1.29 is 22.7 Å². The number of hydrogen-bond donors (Lipinski definition) is 1. The molecule has 0 heterocycles. The zero-order valence-corrected chi connectivity index (χ0v) is 11.0. The van der Waals surface area contributed by atoms with E-state index < -0.39 is 18.5 Å². The van der Waals surface area contributed by atoms with E-state index >= 15 is 0 Å². The van der Waals surface area contributed by atoms with Crippen LogP contribution in [0.5, 0.6) is 0 Å². The Kier molecular flexibility index (Phi) is 3.82. The van der Waals surface area contributed by atoms with E-state index in [0.29, 0.717) is 15.2 Å². The third-order valence-electron chi connectivity index (χ3n) is 2.85. The standard InChI is InChI=1S/C13H9BrF4O/c14-10-6-5-9(7-3-1-2-4-8(7)10)11(19)13(17,18)12(15)16/h1-6,11-12,19H. The van der Waals surface area contributed by atoms with E-state index in [0.717, 1.165) is 0 Å². The minimum Gasteiger partial charge on any atom is -0.382 e. The lowest BCUT2D eigenvalue weighted by Crippen LogP contribution is -2.34. The van der Waals surface area contributed by atoms with Crippen LogP contribution in [-0.4, -0.2) is 17.5 Å². The lowest BCUT2D eigenvalue weighted by Gasteiger charge is -2.23. The Morgan fingerprint density at radius 1 is 1.00 bits per heavy atom. The van der Waals surface area contributed by atoms with Gasteiger partial charge >= 0.3 is 12.3 Å². The Balaban J connectivity index is 2.61. The molecule has 0 bridgehead atoms. The highest BCUT2D eigenvalue weighted by Gasteiger charge is 2.49. The van der Waals surface area contributed by atoms with Gasteiger partial charge in [0.2, 0.25) is 0 Å². The van der Waals surface area contributed by atoms with Gasteiger partial charge in [-0.25, -0.2) is 8.78 Å². The molecule has 0 amide bonds. The highest BCUT2D eigenvalue weighted by atomic mass is 79.9. The first-order chi connectivity index (χ1) is 8.85. The number of benzene rings is 2. The van der Waals surface area contributed by atoms with Gasteiger partial charge < -0.3 is 5.11 Å². The van der Waals surface area contributed by atoms with Crippen molar-refractivity contribution >= 4 is 26.7 Å². The predicted molar refractivity (Wildman–Crippen MR) is 67.6 cm³/mol. The summed E-state index contributed by atoms with van der Waals surface area (Å²) in [7, 11) is 0. The van der Waals surface area contributed by atoms with Crippen molar-refractivity contribution in [3.8, 4) is 0 Å². The van der Waals surface area contributed by atoms with E-state index in [1.165, 1.54) is 18.2 Å². The van der Waals surface area contributed by atoms with Crippen molar-refractivity contribution in [2.45, 2.75) is 18.5 Å². The molecule has 2 aromatic carbocycles. The highest BCUT2D eigenvalue weighted by Crippen LogP contribution is 2.40. The van der Waals surface area contributed by atoms with E-state index in [1.54, 1.807) is 18.2 Å². The van der Waals surface area contributed by atoms with Gasteiger partial charge in [-0.1, -0.05) is 46.3 Å². The maximum atomic E-state index is 13.2. The second kappa shape index (κ2) is 5.09. The smallest absolute Gasteiger partial charge is 0.336 e. The van der Waals surface area contributed by atoms with Gasteiger partial charge in [0.15, 0.2) is 0 Å². The first-order valence-corrected chi connectivity index (χ1v) is 6.16. The van der Waals surface area contributed by atoms with Crippen molar-refractivity contribution in [1.82, 2.24) is 0 Å². The third kappa shape index (κ3) is 2.47. The van der Waals surface area contributed by atoms with Gasteiger partial charge in [-0.05, 0) is 22.4 Å². The number of fused-ring (bicyclic) bond motifs is 1. The summed E-state index contributed by atoms with van der Waals surface area (Å²) in [6, 6.07) is 9.09. The second-order valence-corrected chi connectivity index (χ2v) is 4.91. The van der Waals surface area contributed by atoms with E-state index in [1.807, 2.05) is 0 Å². The Morgan fingerprint density at radius 2 is 1.58 bits per heavy atom. The van der Waals surface area contributed by atoms with Gasteiger partial charge in [0.05, 0.1) is 0 Å². The molecule has 1 unspecified atom stereocenters. The summed E-state index contributed by atoms with van der Waals surface area (Å²) in [5.74, 6) is -4.49. The molecule has 102 valence electrons. The molecule has 1 N–H and O–H groups in total. The first kappa shape index (κ1) is 14.3. The fraction of sp³-hybridized carbons (Fsp3) is 0.231. The number of alkyl halides is 4.